The predicted molar refractivity (Wildman–Crippen MR) is 98.3 cm³/mol. The SMILES string of the molecule is CNCCOC(=O)CCCN1C(=O)/C(=C/c2cccs2)SC1=S. The Morgan fingerprint density at radius 1 is 1.52 bits per heavy atom. The van der Waals surface area contributed by atoms with Crippen molar-refractivity contribution in [2.24, 2.45) is 0 Å². The van der Waals surface area contributed by atoms with Crippen molar-refractivity contribution in [1.82, 2.24) is 10.2 Å². The lowest BCUT2D eigenvalue weighted by Gasteiger charge is -2.13. The standard InChI is InChI=1S/C15H18N2O3S3/c1-16-6-8-20-13(18)5-2-7-17-14(19)12(23-15(17)21)10-11-4-3-9-22-11/h3-4,9-10,16H,2,5-8H2,1H3/b12-10-. The first-order valence-electron chi connectivity index (χ1n) is 7.21. The number of likely N-dealkylation sites (N-methyl/N-ethyl adjacent to an activating group) is 1. The number of hydrogen-bond acceptors (Lipinski definition) is 7. The molecule has 0 unspecified atom stereocenters. The molecule has 2 heterocycles. The first-order valence-corrected chi connectivity index (χ1v) is 9.31. The third kappa shape index (κ3) is 5.42. The lowest BCUT2D eigenvalue weighted by Crippen LogP contribution is -2.29. The van der Waals surface area contributed by atoms with E-state index in [1.807, 2.05) is 23.6 Å². The van der Waals surface area contributed by atoms with Gasteiger partial charge in [-0.1, -0.05) is 30.0 Å². The summed E-state index contributed by atoms with van der Waals surface area (Å²) in [6.45, 7) is 1.43. The number of amides is 1. The molecule has 0 saturated carbocycles. The van der Waals surface area contributed by atoms with Crippen LogP contribution in [0, 0.1) is 0 Å². The van der Waals surface area contributed by atoms with Crippen molar-refractivity contribution >= 4 is 57.6 Å². The van der Waals surface area contributed by atoms with Gasteiger partial charge in [-0.3, -0.25) is 14.5 Å². The molecular weight excluding hydrogens is 352 g/mol. The summed E-state index contributed by atoms with van der Waals surface area (Å²) in [6, 6.07) is 3.90. The van der Waals surface area contributed by atoms with Gasteiger partial charge >= 0.3 is 5.97 Å². The van der Waals surface area contributed by atoms with Crippen molar-refractivity contribution < 1.29 is 14.3 Å². The van der Waals surface area contributed by atoms with Crippen molar-refractivity contribution in [2.45, 2.75) is 12.8 Å². The van der Waals surface area contributed by atoms with Gasteiger partial charge in [0, 0.05) is 24.4 Å². The van der Waals surface area contributed by atoms with Gasteiger partial charge in [0.2, 0.25) is 0 Å². The van der Waals surface area contributed by atoms with Crippen molar-refractivity contribution in [3.63, 3.8) is 0 Å². The first kappa shape index (κ1) is 18.1. The van der Waals surface area contributed by atoms with E-state index in [1.165, 1.54) is 11.8 Å². The summed E-state index contributed by atoms with van der Waals surface area (Å²) in [5.74, 6) is -0.336. The average molecular weight is 371 g/mol. The number of esters is 1. The molecule has 1 aliphatic heterocycles. The zero-order valence-electron chi connectivity index (χ0n) is 12.7. The van der Waals surface area contributed by atoms with Gasteiger partial charge in [-0.25, -0.2) is 0 Å². The van der Waals surface area contributed by atoms with E-state index in [4.69, 9.17) is 17.0 Å². The van der Waals surface area contributed by atoms with E-state index < -0.39 is 0 Å². The summed E-state index contributed by atoms with van der Waals surface area (Å²) >= 11 is 8.14. The molecule has 1 amide bonds. The Bertz CT molecular complexity index is 599. The van der Waals surface area contributed by atoms with Crippen LogP contribution in [0.4, 0.5) is 0 Å². The normalized spacial score (nSPS) is 16.4. The minimum atomic E-state index is -0.250. The maximum absolute atomic E-state index is 12.4. The maximum Gasteiger partial charge on any atom is 0.305 e. The van der Waals surface area contributed by atoms with E-state index in [0.29, 0.717) is 35.3 Å². The summed E-state index contributed by atoms with van der Waals surface area (Å²) in [5.41, 5.74) is 0. The van der Waals surface area contributed by atoms with Crippen LogP contribution in [0.3, 0.4) is 0 Å². The Kier molecular flexibility index (Phi) is 7.22. The van der Waals surface area contributed by atoms with Crippen molar-refractivity contribution in [1.29, 1.82) is 0 Å². The number of thiocarbonyl (C=S) groups is 1. The molecule has 0 bridgehead atoms. The van der Waals surface area contributed by atoms with Crippen LogP contribution >= 0.6 is 35.3 Å². The second kappa shape index (κ2) is 9.17. The average Bonchev–Trinajstić information content (AvgIpc) is 3.11. The molecular formula is C15H18N2O3S3. The van der Waals surface area contributed by atoms with E-state index in [0.717, 1.165) is 4.88 Å². The topological polar surface area (TPSA) is 58.6 Å². The van der Waals surface area contributed by atoms with Gasteiger partial charge in [-0.05, 0) is 31.0 Å². The monoisotopic (exact) mass is 370 g/mol. The van der Waals surface area contributed by atoms with Gasteiger partial charge in [0.15, 0.2) is 0 Å². The fourth-order valence-electron chi connectivity index (χ4n) is 1.92. The van der Waals surface area contributed by atoms with Gasteiger partial charge in [0.1, 0.15) is 10.9 Å². The molecule has 0 aliphatic carbocycles. The number of thiophene rings is 1. The number of carbonyl (C=O) groups is 2. The lowest BCUT2D eigenvalue weighted by atomic mass is 10.3. The van der Waals surface area contributed by atoms with Crippen LogP contribution in [0.25, 0.3) is 6.08 Å². The van der Waals surface area contributed by atoms with E-state index in [9.17, 15) is 9.59 Å². The van der Waals surface area contributed by atoms with Crippen LogP contribution in [0.1, 0.15) is 17.7 Å². The molecule has 1 aliphatic rings. The number of carbonyl (C=O) groups excluding carboxylic acids is 2. The highest BCUT2D eigenvalue weighted by Gasteiger charge is 2.31. The molecule has 23 heavy (non-hydrogen) atoms. The molecule has 0 aromatic carbocycles. The minimum absolute atomic E-state index is 0.0862. The maximum atomic E-state index is 12.4. The smallest absolute Gasteiger partial charge is 0.305 e. The van der Waals surface area contributed by atoms with Crippen LogP contribution in [-0.4, -0.2) is 47.8 Å². The van der Waals surface area contributed by atoms with Gasteiger partial charge in [0.25, 0.3) is 5.91 Å². The molecule has 124 valence electrons. The summed E-state index contributed by atoms with van der Waals surface area (Å²) in [7, 11) is 1.80. The summed E-state index contributed by atoms with van der Waals surface area (Å²) in [4.78, 5) is 27.1. The molecule has 0 spiro atoms. The van der Waals surface area contributed by atoms with Crippen molar-refractivity contribution in [3.8, 4) is 0 Å². The molecule has 1 N–H and O–H groups in total. The number of hydrogen-bond donors (Lipinski definition) is 1. The van der Waals surface area contributed by atoms with Gasteiger partial charge in [0.05, 0.1) is 4.91 Å². The van der Waals surface area contributed by atoms with E-state index in [2.05, 4.69) is 5.32 Å². The van der Waals surface area contributed by atoms with Crippen LogP contribution < -0.4 is 5.32 Å². The number of nitrogens with one attached hydrogen (secondary N) is 1. The Hall–Kier alpha value is -1.22. The Labute approximate surface area is 149 Å². The molecule has 1 aromatic rings. The molecule has 0 radical (unpaired) electrons. The predicted octanol–water partition coefficient (Wildman–Crippen LogP) is 2.49. The third-order valence-corrected chi connectivity index (χ3v) is 5.26. The molecule has 8 heteroatoms. The van der Waals surface area contributed by atoms with Crippen molar-refractivity contribution in [2.75, 3.05) is 26.7 Å². The summed E-state index contributed by atoms with van der Waals surface area (Å²) in [6.07, 6.45) is 2.68. The fourth-order valence-corrected chi connectivity index (χ4v) is 3.95. The van der Waals surface area contributed by atoms with Gasteiger partial charge in [-0.15, -0.1) is 11.3 Å². The molecule has 1 aromatic heterocycles. The molecule has 0 atom stereocenters. The largest absolute Gasteiger partial charge is 0.464 e. The van der Waals surface area contributed by atoms with Gasteiger partial charge in [-0.2, -0.15) is 0 Å². The zero-order chi connectivity index (χ0) is 16.7. The second-order valence-corrected chi connectivity index (χ2v) is 7.43. The van der Waals surface area contributed by atoms with Crippen LogP contribution in [0.15, 0.2) is 22.4 Å². The lowest BCUT2D eigenvalue weighted by molar-refractivity contribution is -0.143. The molecule has 2 rings (SSSR count). The molecule has 1 fully saturated rings. The highest BCUT2D eigenvalue weighted by molar-refractivity contribution is 8.26. The summed E-state index contributed by atoms with van der Waals surface area (Å²) < 4.78 is 5.58. The van der Waals surface area contributed by atoms with Crippen LogP contribution in [0.2, 0.25) is 0 Å². The Balaban J connectivity index is 1.81. The number of nitrogens with zero attached hydrogens (tertiary/aromatic N) is 1. The number of thioether (sulfide) groups is 1. The molecule has 5 nitrogen and oxygen atoms in total. The van der Waals surface area contributed by atoms with E-state index in [1.54, 1.807) is 23.3 Å². The van der Waals surface area contributed by atoms with E-state index >= 15 is 0 Å². The number of ether oxygens (including phenoxy) is 1. The second-order valence-electron chi connectivity index (χ2n) is 4.78. The van der Waals surface area contributed by atoms with Crippen LogP contribution in [0.5, 0.6) is 0 Å². The van der Waals surface area contributed by atoms with E-state index in [-0.39, 0.29) is 18.3 Å². The zero-order valence-corrected chi connectivity index (χ0v) is 15.2. The highest BCUT2D eigenvalue weighted by Crippen LogP contribution is 2.33. The summed E-state index contributed by atoms with van der Waals surface area (Å²) in [5, 5.41) is 4.87. The van der Waals surface area contributed by atoms with Crippen LogP contribution in [-0.2, 0) is 14.3 Å². The first-order chi connectivity index (χ1) is 11.1. The Morgan fingerprint density at radius 2 is 2.35 bits per heavy atom. The van der Waals surface area contributed by atoms with Gasteiger partial charge < -0.3 is 10.1 Å². The number of rotatable bonds is 8. The fraction of sp³-hybridized carbons (Fsp3) is 0.400. The quantitative estimate of drug-likeness (QED) is 0.328. The Morgan fingerprint density at radius 3 is 3.04 bits per heavy atom. The molecule has 1 saturated heterocycles. The van der Waals surface area contributed by atoms with Crippen molar-refractivity contribution in [3.05, 3.63) is 27.3 Å². The third-order valence-electron chi connectivity index (χ3n) is 3.07. The minimum Gasteiger partial charge on any atom is -0.464 e. The highest BCUT2D eigenvalue weighted by atomic mass is 32.2.